The van der Waals surface area contributed by atoms with Gasteiger partial charge in [0, 0.05) is 18.1 Å². The monoisotopic (exact) mass is 450 g/mol. The summed E-state index contributed by atoms with van der Waals surface area (Å²) < 4.78 is 39.8. The molecule has 0 saturated heterocycles. The van der Waals surface area contributed by atoms with Crippen LogP contribution >= 0.6 is 0 Å². The number of unbranched alkanes of at least 4 members (excludes halogenated alkanes) is 2. The predicted molar refractivity (Wildman–Crippen MR) is 108 cm³/mol. The van der Waals surface area contributed by atoms with E-state index in [0.717, 1.165) is 29.8 Å². The number of fused-ring (bicyclic) bond motifs is 1. The van der Waals surface area contributed by atoms with E-state index < -0.39 is 30.2 Å². The third kappa shape index (κ3) is 5.31. The van der Waals surface area contributed by atoms with Gasteiger partial charge in [-0.3, -0.25) is 29.9 Å². The Bertz CT molecular complexity index is 1190. The van der Waals surface area contributed by atoms with Crippen molar-refractivity contribution in [2.24, 2.45) is 0 Å². The predicted octanol–water partition coefficient (Wildman–Crippen LogP) is 2.26. The minimum atomic E-state index is -4.62. The first-order valence-electron chi connectivity index (χ1n) is 9.90. The van der Waals surface area contributed by atoms with E-state index in [4.69, 9.17) is 0 Å². The highest BCUT2D eigenvalue weighted by molar-refractivity contribution is 6.05. The molecule has 0 radical (unpaired) electrons. The zero-order valence-corrected chi connectivity index (χ0v) is 17.1. The molecule has 0 aliphatic heterocycles. The minimum Gasteiger partial charge on any atom is -0.271 e. The summed E-state index contributed by atoms with van der Waals surface area (Å²) in [6.07, 6.45) is -1.07. The third-order valence-corrected chi connectivity index (χ3v) is 4.61. The van der Waals surface area contributed by atoms with Gasteiger partial charge in [-0.2, -0.15) is 23.4 Å². The van der Waals surface area contributed by atoms with Gasteiger partial charge in [-0.15, -0.1) is 0 Å². The molecule has 0 fully saturated rings. The molecular formula is C20H21F3N6O3. The summed E-state index contributed by atoms with van der Waals surface area (Å²) in [6, 6.07) is 7.21. The van der Waals surface area contributed by atoms with Gasteiger partial charge in [-0.25, -0.2) is 4.68 Å². The minimum absolute atomic E-state index is 0.0598. The topological polar surface area (TPSA) is 111 Å². The molecule has 2 aromatic heterocycles. The molecule has 1 aromatic carbocycles. The molecule has 12 heteroatoms. The lowest BCUT2D eigenvalue weighted by Crippen LogP contribution is -2.44. The number of alkyl halides is 3. The fourth-order valence-corrected chi connectivity index (χ4v) is 3.04. The molecule has 0 spiro atoms. The van der Waals surface area contributed by atoms with Crippen molar-refractivity contribution >= 4 is 22.6 Å². The second-order valence-corrected chi connectivity index (χ2v) is 7.03. The zero-order chi connectivity index (χ0) is 23.3. The fourth-order valence-electron chi connectivity index (χ4n) is 3.04. The number of halogens is 3. The van der Waals surface area contributed by atoms with Gasteiger partial charge in [0.2, 0.25) is 0 Å². The van der Waals surface area contributed by atoms with Crippen LogP contribution in [0.5, 0.6) is 0 Å². The second kappa shape index (κ2) is 9.62. The lowest BCUT2D eigenvalue weighted by molar-refractivity contribution is -0.141. The lowest BCUT2D eigenvalue weighted by Gasteiger charge is -2.12. The summed E-state index contributed by atoms with van der Waals surface area (Å²) in [7, 11) is 0. The van der Waals surface area contributed by atoms with E-state index in [1.54, 1.807) is 24.3 Å². The van der Waals surface area contributed by atoms with Gasteiger partial charge in [0.15, 0.2) is 11.4 Å². The van der Waals surface area contributed by atoms with Crippen LogP contribution in [0.4, 0.5) is 13.2 Å². The van der Waals surface area contributed by atoms with Crippen LogP contribution in [0.2, 0.25) is 0 Å². The van der Waals surface area contributed by atoms with Crippen molar-refractivity contribution < 1.29 is 22.8 Å². The van der Waals surface area contributed by atoms with Crippen LogP contribution in [0.25, 0.3) is 10.8 Å². The highest BCUT2D eigenvalue weighted by Gasteiger charge is 2.33. The number of rotatable bonds is 7. The number of carbonyl (C=O) groups excluding carboxylic acids is 2. The van der Waals surface area contributed by atoms with Crippen LogP contribution in [0.1, 0.15) is 42.4 Å². The Labute approximate surface area is 180 Å². The number of hydrazine groups is 1. The van der Waals surface area contributed by atoms with Crippen LogP contribution in [-0.4, -0.2) is 31.4 Å². The number of carbonyl (C=O) groups is 2. The quantitative estimate of drug-likeness (QED) is 0.424. The van der Waals surface area contributed by atoms with Crippen LogP contribution in [0.15, 0.2) is 41.3 Å². The molecule has 2 N–H and O–H groups in total. The lowest BCUT2D eigenvalue weighted by atomic mass is 10.1. The number of aromatic nitrogens is 4. The Hall–Kier alpha value is -3.70. The van der Waals surface area contributed by atoms with Crippen molar-refractivity contribution in [3.8, 4) is 0 Å². The maximum atomic E-state index is 12.7. The van der Waals surface area contributed by atoms with Crippen molar-refractivity contribution in [3.63, 3.8) is 0 Å². The van der Waals surface area contributed by atoms with E-state index in [0.29, 0.717) is 23.7 Å². The molecule has 170 valence electrons. The van der Waals surface area contributed by atoms with E-state index in [9.17, 15) is 27.6 Å². The van der Waals surface area contributed by atoms with E-state index >= 15 is 0 Å². The van der Waals surface area contributed by atoms with Crippen molar-refractivity contribution in [2.75, 3.05) is 0 Å². The number of aryl methyl sites for hydroxylation is 1. The molecule has 0 atom stereocenters. The Kier molecular flexibility index (Phi) is 6.91. The molecule has 3 rings (SSSR count). The second-order valence-electron chi connectivity index (χ2n) is 7.03. The van der Waals surface area contributed by atoms with Crippen molar-refractivity contribution in [3.05, 3.63) is 58.3 Å². The third-order valence-electron chi connectivity index (χ3n) is 4.61. The van der Waals surface area contributed by atoms with Crippen molar-refractivity contribution in [1.29, 1.82) is 0 Å². The van der Waals surface area contributed by atoms with Crippen LogP contribution in [-0.2, 0) is 24.1 Å². The molecular weight excluding hydrogens is 429 g/mol. The molecule has 0 aliphatic rings. The van der Waals surface area contributed by atoms with Crippen LogP contribution in [0.3, 0.4) is 0 Å². The highest BCUT2D eigenvalue weighted by atomic mass is 19.4. The first-order valence-corrected chi connectivity index (χ1v) is 9.90. The van der Waals surface area contributed by atoms with E-state index in [1.807, 2.05) is 6.92 Å². The van der Waals surface area contributed by atoms with Gasteiger partial charge in [0.1, 0.15) is 6.54 Å². The molecule has 0 aliphatic carbocycles. The summed E-state index contributed by atoms with van der Waals surface area (Å²) in [5.41, 5.74) is 2.79. The van der Waals surface area contributed by atoms with Crippen LogP contribution in [0, 0.1) is 0 Å². The average Bonchev–Trinajstić information content (AvgIpc) is 3.23. The average molecular weight is 450 g/mol. The summed E-state index contributed by atoms with van der Waals surface area (Å²) in [5.74, 6) is -1.56. The van der Waals surface area contributed by atoms with Gasteiger partial charge < -0.3 is 0 Å². The number of hydrogen-bond donors (Lipinski definition) is 2. The molecule has 0 unspecified atom stereocenters. The SMILES string of the molecule is CCCCCn1nc(C(=O)NNC(=O)Cn2ccc(C(F)(F)F)n2)c2ccccc2c1=O. The molecule has 32 heavy (non-hydrogen) atoms. The molecule has 9 nitrogen and oxygen atoms in total. The number of nitrogens with one attached hydrogen (secondary N) is 2. The Morgan fingerprint density at radius 3 is 2.41 bits per heavy atom. The zero-order valence-electron chi connectivity index (χ0n) is 17.1. The number of amides is 2. The molecule has 2 amide bonds. The number of nitrogens with zero attached hydrogens (tertiary/aromatic N) is 4. The first-order chi connectivity index (χ1) is 15.2. The molecule has 3 aromatic rings. The van der Waals surface area contributed by atoms with E-state index in [-0.39, 0.29) is 11.3 Å². The largest absolute Gasteiger partial charge is 0.435 e. The standard InChI is InChI=1S/C20H21F3N6O3/c1-2-3-6-10-29-19(32)14-8-5-4-7-13(14)17(27-29)18(31)25-24-16(30)12-28-11-9-15(26-28)20(21,22)23/h4-5,7-9,11H,2-3,6,10,12H2,1H3,(H,24,30)(H,25,31). The molecule has 2 heterocycles. The normalized spacial score (nSPS) is 11.5. The van der Waals surface area contributed by atoms with Crippen LogP contribution < -0.4 is 16.4 Å². The maximum Gasteiger partial charge on any atom is 0.435 e. The maximum absolute atomic E-state index is 12.7. The Morgan fingerprint density at radius 2 is 1.75 bits per heavy atom. The van der Waals surface area contributed by atoms with Gasteiger partial charge in [0.05, 0.1) is 5.39 Å². The number of hydrogen-bond acceptors (Lipinski definition) is 5. The summed E-state index contributed by atoms with van der Waals surface area (Å²) in [4.78, 5) is 37.3. The van der Waals surface area contributed by atoms with E-state index in [1.165, 1.54) is 4.68 Å². The van der Waals surface area contributed by atoms with Gasteiger partial charge >= 0.3 is 6.18 Å². The summed E-state index contributed by atoms with van der Waals surface area (Å²) >= 11 is 0. The number of benzene rings is 1. The van der Waals surface area contributed by atoms with Gasteiger partial charge in [-0.05, 0) is 18.6 Å². The summed E-state index contributed by atoms with van der Waals surface area (Å²) in [5, 5.41) is 8.06. The molecule has 0 bridgehead atoms. The summed E-state index contributed by atoms with van der Waals surface area (Å²) in [6.45, 7) is 1.82. The first kappa shape index (κ1) is 23.0. The van der Waals surface area contributed by atoms with Crippen molar-refractivity contribution in [2.45, 2.75) is 45.5 Å². The fraction of sp³-hybridized carbons (Fsp3) is 0.350. The Morgan fingerprint density at radius 1 is 1.03 bits per heavy atom. The van der Waals surface area contributed by atoms with Gasteiger partial charge in [-0.1, -0.05) is 38.0 Å². The smallest absolute Gasteiger partial charge is 0.271 e. The van der Waals surface area contributed by atoms with E-state index in [2.05, 4.69) is 21.0 Å². The Balaban J connectivity index is 1.73. The molecule has 0 saturated carbocycles. The highest BCUT2D eigenvalue weighted by Crippen LogP contribution is 2.27. The van der Waals surface area contributed by atoms with Gasteiger partial charge in [0.25, 0.3) is 17.4 Å². The van der Waals surface area contributed by atoms with Crippen molar-refractivity contribution in [1.82, 2.24) is 30.4 Å².